The van der Waals surface area contributed by atoms with Gasteiger partial charge in [0.15, 0.2) is 0 Å². The zero-order chi connectivity index (χ0) is 20.0. The summed E-state index contributed by atoms with van der Waals surface area (Å²) in [6.07, 6.45) is 2.82. The number of ether oxygens (including phenoxy) is 2. The average molecular weight is 369 g/mol. The van der Waals surface area contributed by atoms with Gasteiger partial charge in [-0.2, -0.15) is 0 Å². The number of carbonyl (C=O) groups is 3. The number of methoxy groups -OCH3 is 2. The van der Waals surface area contributed by atoms with Crippen molar-refractivity contribution in [1.82, 2.24) is 0 Å². The van der Waals surface area contributed by atoms with Crippen molar-refractivity contribution in [2.24, 2.45) is 11.5 Å². The van der Waals surface area contributed by atoms with E-state index in [1.165, 1.54) is 38.5 Å². The second kappa shape index (κ2) is 8.52. The molecule has 2 rings (SSSR count). The molecule has 0 aliphatic heterocycles. The first-order valence-corrected chi connectivity index (χ1v) is 7.80. The van der Waals surface area contributed by atoms with Gasteiger partial charge >= 0.3 is 0 Å². The number of rotatable bonds is 7. The second-order valence-corrected chi connectivity index (χ2v) is 5.46. The quantitative estimate of drug-likeness (QED) is 0.637. The van der Waals surface area contributed by atoms with Gasteiger partial charge in [0.1, 0.15) is 11.5 Å². The molecule has 0 radical (unpaired) electrons. The summed E-state index contributed by atoms with van der Waals surface area (Å²) in [5.74, 6) is -0.810. The predicted octanol–water partition coefficient (Wildman–Crippen LogP) is 1.55. The summed E-state index contributed by atoms with van der Waals surface area (Å²) in [5.41, 5.74) is 11.4. The minimum atomic E-state index is -0.745. The van der Waals surface area contributed by atoms with Gasteiger partial charge in [0.05, 0.1) is 14.2 Å². The van der Waals surface area contributed by atoms with Gasteiger partial charge in [0.25, 0.3) is 0 Å². The van der Waals surface area contributed by atoms with Crippen LogP contribution in [-0.4, -0.2) is 31.9 Å². The number of amides is 3. The summed E-state index contributed by atoms with van der Waals surface area (Å²) in [6, 6.07) is 9.13. The van der Waals surface area contributed by atoms with Gasteiger partial charge < -0.3 is 26.3 Å². The lowest BCUT2D eigenvalue weighted by Crippen LogP contribution is -2.17. The van der Waals surface area contributed by atoms with Gasteiger partial charge in [0, 0.05) is 28.5 Å². The van der Waals surface area contributed by atoms with E-state index in [1.807, 2.05) is 0 Å². The van der Waals surface area contributed by atoms with Crippen LogP contribution < -0.4 is 26.3 Å². The molecule has 140 valence electrons. The van der Waals surface area contributed by atoms with Gasteiger partial charge in [0.2, 0.25) is 17.7 Å². The molecule has 3 amide bonds. The van der Waals surface area contributed by atoms with Crippen LogP contribution in [0.5, 0.6) is 11.5 Å². The minimum Gasteiger partial charge on any atom is -0.497 e. The third-order valence-electron chi connectivity index (χ3n) is 3.62. The summed E-state index contributed by atoms with van der Waals surface area (Å²) in [6.45, 7) is 0. The third kappa shape index (κ3) is 5.08. The molecule has 0 saturated heterocycles. The Kier molecular flexibility index (Phi) is 6.16. The standard InChI is InChI=1S/C19H19N3O5/c1-26-15-4-5-16(27-2)11(10-15)3-6-17(23)22-14-8-12(18(20)24)7-13(9-14)19(21)25/h3-10H,1-2H3,(H2,20,24)(H2,21,25)(H,22,23). The lowest BCUT2D eigenvalue weighted by atomic mass is 10.1. The van der Waals surface area contributed by atoms with Gasteiger partial charge in [-0.15, -0.1) is 0 Å². The SMILES string of the molecule is COc1ccc(OC)c(C=CC(=O)Nc2cc(C(N)=O)cc(C(N)=O)c2)c1. The van der Waals surface area contributed by atoms with Gasteiger partial charge in [-0.25, -0.2) is 0 Å². The normalized spacial score (nSPS) is 10.4. The summed E-state index contributed by atoms with van der Waals surface area (Å²) >= 11 is 0. The van der Waals surface area contributed by atoms with Crippen LogP contribution in [0.3, 0.4) is 0 Å². The highest BCUT2D eigenvalue weighted by Gasteiger charge is 2.10. The van der Waals surface area contributed by atoms with Crippen molar-refractivity contribution < 1.29 is 23.9 Å². The number of primary amides is 2. The number of carbonyl (C=O) groups excluding carboxylic acids is 3. The zero-order valence-corrected chi connectivity index (χ0v) is 14.8. The maximum Gasteiger partial charge on any atom is 0.248 e. The predicted molar refractivity (Wildman–Crippen MR) is 101 cm³/mol. The maximum atomic E-state index is 12.2. The lowest BCUT2D eigenvalue weighted by molar-refractivity contribution is -0.111. The monoisotopic (exact) mass is 369 g/mol. The number of nitrogens with one attached hydrogen (secondary N) is 1. The molecular weight excluding hydrogens is 350 g/mol. The van der Waals surface area contributed by atoms with Gasteiger partial charge in [-0.3, -0.25) is 14.4 Å². The first-order chi connectivity index (χ1) is 12.8. The van der Waals surface area contributed by atoms with Crippen LogP contribution in [0.25, 0.3) is 6.08 Å². The van der Waals surface area contributed by atoms with Crippen LogP contribution in [0.4, 0.5) is 5.69 Å². The van der Waals surface area contributed by atoms with E-state index in [9.17, 15) is 14.4 Å². The molecule has 0 spiro atoms. The molecular formula is C19H19N3O5. The largest absolute Gasteiger partial charge is 0.497 e. The van der Waals surface area contributed by atoms with E-state index in [2.05, 4.69) is 5.32 Å². The van der Waals surface area contributed by atoms with Crippen molar-refractivity contribution in [1.29, 1.82) is 0 Å². The Morgan fingerprint density at radius 1 is 0.926 bits per heavy atom. The molecule has 2 aromatic carbocycles. The molecule has 5 N–H and O–H groups in total. The van der Waals surface area contributed by atoms with Crippen molar-refractivity contribution in [2.75, 3.05) is 19.5 Å². The van der Waals surface area contributed by atoms with Crippen LogP contribution >= 0.6 is 0 Å². The van der Waals surface area contributed by atoms with Crippen LogP contribution in [0.15, 0.2) is 42.5 Å². The zero-order valence-electron chi connectivity index (χ0n) is 14.8. The van der Waals surface area contributed by atoms with E-state index >= 15 is 0 Å². The average Bonchev–Trinajstić information content (AvgIpc) is 2.65. The van der Waals surface area contributed by atoms with Crippen molar-refractivity contribution in [2.45, 2.75) is 0 Å². The molecule has 0 atom stereocenters. The van der Waals surface area contributed by atoms with E-state index in [0.29, 0.717) is 17.1 Å². The number of anilines is 1. The maximum absolute atomic E-state index is 12.2. The molecule has 0 fully saturated rings. The second-order valence-electron chi connectivity index (χ2n) is 5.46. The van der Waals surface area contributed by atoms with Crippen molar-refractivity contribution in [3.05, 3.63) is 59.2 Å². The van der Waals surface area contributed by atoms with Crippen molar-refractivity contribution in [3.63, 3.8) is 0 Å². The van der Waals surface area contributed by atoms with Crippen molar-refractivity contribution in [3.8, 4) is 11.5 Å². The first-order valence-electron chi connectivity index (χ1n) is 7.80. The van der Waals surface area contributed by atoms with E-state index in [4.69, 9.17) is 20.9 Å². The van der Waals surface area contributed by atoms with Gasteiger partial charge in [-0.1, -0.05) is 0 Å². The minimum absolute atomic E-state index is 0.0556. The smallest absolute Gasteiger partial charge is 0.248 e. The summed E-state index contributed by atoms with van der Waals surface area (Å²) in [5, 5.41) is 2.56. The van der Waals surface area contributed by atoms with E-state index in [-0.39, 0.29) is 16.8 Å². The fraction of sp³-hybridized carbons (Fsp3) is 0.105. The molecule has 27 heavy (non-hydrogen) atoms. The van der Waals surface area contributed by atoms with Crippen LogP contribution in [-0.2, 0) is 4.79 Å². The van der Waals surface area contributed by atoms with E-state index in [0.717, 1.165) is 0 Å². The van der Waals surface area contributed by atoms with Crippen LogP contribution in [0.1, 0.15) is 26.3 Å². The third-order valence-corrected chi connectivity index (χ3v) is 3.62. The highest BCUT2D eigenvalue weighted by Crippen LogP contribution is 2.25. The molecule has 0 unspecified atom stereocenters. The summed E-state index contributed by atoms with van der Waals surface area (Å²) in [4.78, 5) is 34.9. The van der Waals surface area contributed by atoms with E-state index in [1.54, 1.807) is 24.3 Å². The first kappa shape index (κ1) is 19.5. The Balaban J connectivity index is 2.24. The summed E-state index contributed by atoms with van der Waals surface area (Å²) in [7, 11) is 3.05. The fourth-order valence-corrected chi connectivity index (χ4v) is 2.30. The highest BCUT2D eigenvalue weighted by atomic mass is 16.5. The summed E-state index contributed by atoms with van der Waals surface area (Å²) < 4.78 is 10.4. The number of hydrogen-bond donors (Lipinski definition) is 3. The number of nitrogens with two attached hydrogens (primary N) is 2. The van der Waals surface area contributed by atoms with Crippen LogP contribution in [0, 0.1) is 0 Å². The topological polar surface area (TPSA) is 134 Å². The Hall–Kier alpha value is -3.81. The molecule has 0 saturated carbocycles. The molecule has 8 heteroatoms. The Morgan fingerprint density at radius 2 is 1.56 bits per heavy atom. The molecule has 0 aliphatic rings. The molecule has 8 nitrogen and oxygen atoms in total. The Morgan fingerprint density at radius 3 is 2.07 bits per heavy atom. The molecule has 0 aromatic heterocycles. The highest BCUT2D eigenvalue weighted by molar-refractivity contribution is 6.05. The molecule has 0 heterocycles. The number of hydrogen-bond acceptors (Lipinski definition) is 5. The lowest BCUT2D eigenvalue weighted by Gasteiger charge is -2.08. The van der Waals surface area contributed by atoms with Crippen LogP contribution in [0.2, 0.25) is 0 Å². The Labute approximate surface area is 155 Å². The molecule has 2 aromatic rings. The molecule has 0 aliphatic carbocycles. The fourth-order valence-electron chi connectivity index (χ4n) is 2.30. The number of benzene rings is 2. The molecule has 0 bridgehead atoms. The van der Waals surface area contributed by atoms with Crippen molar-refractivity contribution >= 4 is 29.5 Å². The Bertz CT molecular complexity index is 889. The van der Waals surface area contributed by atoms with Gasteiger partial charge in [-0.05, 0) is 42.5 Å². The van der Waals surface area contributed by atoms with E-state index < -0.39 is 17.7 Å².